The summed E-state index contributed by atoms with van der Waals surface area (Å²) in [5.74, 6) is 0. The Kier molecular flexibility index (Phi) is 7.70. The van der Waals surface area contributed by atoms with Crippen LogP contribution >= 0.6 is 11.3 Å². The van der Waals surface area contributed by atoms with Crippen molar-refractivity contribution in [2.45, 2.75) is 0 Å². The molecular formula is C62H34N6S. The number of rotatable bonds is 4. The zero-order chi connectivity index (χ0) is 45.5. The van der Waals surface area contributed by atoms with Crippen molar-refractivity contribution in [2.75, 3.05) is 0 Å². The normalized spacial score (nSPS) is 12.0. The molecule has 15 aromatic rings. The van der Waals surface area contributed by atoms with Crippen LogP contribution in [0.2, 0.25) is 0 Å². The summed E-state index contributed by atoms with van der Waals surface area (Å²) in [6, 6.07) is 75.5. The number of nitrogens with zero attached hydrogens (tertiary/aromatic N) is 6. The van der Waals surface area contributed by atoms with Gasteiger partial charge in [0.05, 0.1) is 79.0 Å². The van der Waals surface area contributed by atoms with Gasteiger partial charge in [-0.3, -0.25) is 0 Å². The van der Waals surface area contributed by atoms with Gasteiger partial charge in [0.15, 0.2) is 0 Å². The van der Waals surface area contributed by atoms with Gasteiger partial charge in [-0.05, 0) is 60.7 Å². The molecule has 10 aromatic carbocycles. The second-order valence-corrected chi connectivity index (χ2v) is 18.9. The molecule has 0 atom stereocenters. The summed E-state index contributed by atoms with van der Waals surface area (Å²) in [4.78, 5) is 4.73. The Morgan fingerprint density at radius 3 is 1.10 bits per heavy atom. The summed E-state index contributed by atoms with van der Waals surface area (Å²) in [5.41, 5.74) is 11.1. The Hall–Kier alpha value is -9.40. The highest BCUT2D eigenvalue weighted by Gasteiger charge is 2.34. The first-order valence-corrected chi connectivity index (χ1v) is 23.9. The highest BCUT2D eigenvalue weighted by molar-refractivity contribution is 7.25. The molecule has 15 rings (SSSR count). The van der Waals surface area contributed by atoms with E-state index < -0.39 is 0 Å². The largest absolute Gasteiger partial charge is 0.317 e. The van der Waals surface area contributed by atoms with E-state index in [0.717, 1.165) is 98.3 Å². The summed E-state index contributed by atoms with van der Waals surface area (Å²) >= 11 is 1.79. The van der Waals surface area contributed by atoms with Crippen molar-refractivity contribution in [2.24, 2.45) is 0 Å². The molecule has 5 heterocycles. The molecule has 0 aliphatic carbocycles. The third-order valence-electron chi connectivity index (χ3n) is 14.4. The number of aromatic nitrogens is 4. The maximum absolute atomic E-state index is 12.4. The van der Waals surface area contributed by atoms with Gasteiger partial charge in [0, 0.05) is 63.3 Å². The number of nitriles is 1. The fraction of sp³-hybridized carbons (Fsp3) is 0. The van der Waals surface area contributed by atoms with E-state index >= 15 is 0 Å². The van der Waals surface area contributed by atoms with Gasteiger partial charge >= 0.3 is 0 Å². The van der Waals surface area contributed by atoms with Gasteiger partial charge in [0.25, 0.3) is 0 Å². The smallest absolute Gasteiger partial charge is 0.237 e. The number of hydrogen-bond donors (Lipinski definition) is 0. The average Bonchev–Trinajstić information content (AvgIpc) is 4.20. The van der Waals surface area contributed by atoms with E-state index in [1.165, 1.54) is 14.8 Å². The van der Waals surface area contributed by atoms with E-state index in [-0.39, 0.29) is 0 Å². The van der Waals surface area contributed by atoms with Crippen molar-refractivity contribution >= 4 is 124 Å². The van der Waals surface area contributed by atoms with Gasteiger partial charge in [0.2, 0.25) is 5.69 Å². The summed E-state index contributed by atoms with van der Waals surface area (Å²) in [6.45, 7) is 9.68. The van der Waals surface area contributed by atoms with E-state index in [4.69, 9.17) is 4.85 Å². The molecule has 318 valence electrons. The van der Waals surface area contributed by atoms with Crippen LogP contribution in [0.3, 0.4) is 0 Å². The van der Waals surface area contributed by atoms with Gasteiger partial charge < -0.3 is 18.3 Å². The quantitative estimate of drug-likeness (QED) is 0.162. The number of thiophene rings is 1. The van der Waals surface area contributed by atoms with Gasteiger partial charge in [-0.25, -0.2) is 4.85 Å². The van der Waals surface area contributed by atoms with Crippen LogP contribution in [0.25, 0.3) is 135 Å². The predicted molar refractivity (Wildman–Crippen MR) is 288 cm³/mol. The first-order valence-electron chi connectivity index (χ1n) is 23.0. The highest BCUT2D eigenvalue weighted by Crippen LogP contribution is 2.52. The molecule has 0 unspecified atom stereocenters. The number of hydrogen-bond acceptors (Lipinski definition) is 2. The van der Waals surface area contributed by atoms with Crippen LogP contribution < -0.4 is 0 Å². The minimum Gasteiger partial charge on any atom is -0.317 e. The van der Waals surface area contributed by atoms with Crippen LogP contribution in [0, 0.1) is 17.9 Å². The Labute approximate surface area is 398 Å². The molecule has 0 spiro atoms. The molecule has 69 heavy (non-hydrogen) atoms. The van der Waals surface area contributed by atoms with Gasteiger partial charge in [-0.15, -0.1) is 11.3 Å². The molecule has 0 fully saturated rings. The third-order valence-corrected chi connectivity index (χ3v) is 15.5. The number of benzene rings is 10. The Balaban J connectivity index is 1.28. The van der Waals surface area contributed by atoms with Crippen LogP contribution in [0.15, 0.2) is 206 Å². The first kappa shape index (κ1) is 37.8. The molecule has 7 heteroatoms. The molecule has 0 aliphatic heterocycles. The van der Waals surface area contributed by atoms with E-state index in [2.05, 4.69) is 231 Å². The lowest BCUT2D eigenvalue weighted by Crippen LogP contribution is -2.14. The van der Waals surface area contributed by atoms with Crippen LogP contribution in [0.5, 0.6) is 0 Å². The van der Waals surface area contributed by atoms with E-state index in [1.807, 2.05) is 0 Å². The molecule has 5 aromatic heterocycles. The lowest BCUT2D eigenvalue weighted by molar-refractivity contribution is 1.03. The van der Waals surface area contributed by atoms with Crippen molar-refractivity contribution < 1.29 is 0 Å². The van der Waals surface area contributed by atoms with Crippen LogP contribution in [0.4, 0.5) is 5.69 Å². The van der Waals surface area contributed by atoms with Gasteiger partial charge in [-0.1, -0.05) is 146 Å². The molecule has 0 saturated heterocycles. The van der Waals surface area contributed by atoms with Gasteiger partial charge in [-0.2, -0.15) is 5.26 Å². The van der Waals surface area contributed by atoms with Crippen LogP contribution in [-0.2, 0) is 0 Å². The van der Waals surface area contributed by atoms with Crippen LogP contribution in [0.1, 0.15) is 5.56 Å². The SMILES string of the molecule is [C-]#[N+]c1c(-n2c3ccccc3c3cc4sc5ccccc5c4cc32)c(C#N)c(-n2c3ccccc3c3ccccc32)c(-n2c3ccccc3c3ccccc32)c1-n1c2ccccc2c2ccccc21. The molecule has 6 nitrogen and oxygen atoms in total. The Bertz CT molecular complexity index is 4510. The third kappa shape index (κ3) is 4.96. The molecule has 0 radical (unpaired) electrons. The highest BCUT2D eigenvalue weighted by atomic mass is 32.1. The standard InChI is InChI=1S/C62H34N6S/c1-64-58-59(68-54-32-16-8-24-43(54)45-35-57-46(34-55(45)68)44-25-9-17-33-56(44)69-57)47(36-63)60(65-48-26-10-2-18-37(48)38-19-3-11-27-49(38)65)62(67-52-30-14-6-22-41(52)42-23-7-15-31-53(42)67)61(58)66-50-28-12-4-20-39(50)40-21-5-13-29-51(40)66/h2-35H. The fourth-order valence-electron chi connectivity index (χ4n) is 11.7. The molecular weight excluding hydrogens is 861 g/mol. The van der Waals surface area contributed by atoms with Crippen molar-refractivity contribution in [3.05, 3.63) is 223 Å². The van der Waals surface area contributed by atoms with Crippen molar-refractivity contribution in [3.8, 4) is 28.8 Å². The second kappa shape index (κ2) is 14.1. The topological polar surface area (TPSA) is 47.9 Å². The van der Waals surface area contributed by atoms with E-state index in [0.29, 0.717) is 28.3 Å². The van der Waals surface area contributed by atoms with E-state index in [9.17, 15) is 11.8 Å². The molecule has 0 bridgehead atoms. The monoisotopic (exact) mass is 894 g/mol. The van der Waals surface area contributed by atoms with Crippen LogP contribution in [-0.4, -0.2) is 18.3 Å². The second-order valence-electron chi connectivity index (χ2n) is 17.8. The lowest BCUT2D eigenvalue weighted by atomic mass is 10.0. The average molecular weight is 895 g/mol. The lowest BCUT2D eigenvalue weighted by Gasteiger charge is -2.27. The zero-order valence-corrected chi connectivity index (χ0v) is 37.5. The molecule has 0 aliphatic rings. The van der Waals surface area contributed by atoms with E-state index in [1.54, 1.807) is 11.3 Å². The molecule has 0 saturated carbocycles. The Morgan fingerprint density at radius 2 is 0.681 bits per heavy atom. The summed E-state index contributed by atoms with van der Waals surface area (Å²) < 4.78 is 11.6. The fourth-order valence-corrected chi connectivity index (χ4v) is 12.8. The maximum atomic E-state index is 12.4. The van der Waals surface area contributed by atoms with Crippen molar-refractivity contribution in [1.82, 2.24) is 18.3 Å². The van der Waals surface area contributed by atoms with Crippen molar-refractivity contribution in [1.29, 1.82) is 5.26 Å². The Morgan fingerprint density at radius 1 is 0.333 bits per heavy atom. The molecule has 0 amide bonds. The predicted octanol–water partition coefficient (Wildman–Crippen LogP) is 16.9. The zero-order valence-electron chi connectivity index (χ0n) is 36.7. The number of para-hydroxylation sites is 7. The maximum Gasteiger partial charge on any atom is 0.237 e. The molecule has 0 N–H and O–H groups in total. The number of fused-ring (bicyclic) bond motifs is 15. The summed E-state index contributed by atoms with van der Waals surface area (Å²) in [5, 5.41) is 23.3. The van der Waals surface area contributed by atoms with Gasteiger partial charge in [0.1, 0.15) is 6.07 Å². The minimum absolute atomic E-state index is 0.373. The first-order chi connectivity index (χ1) is 34.2. The van der Waals surface area contributed by atoms with Crippen molar-refractivity contribution in [3.63, 3.8) is 0 Å². The minimum atomic E-state index is 0.373. The summed E-state index contributed by atoms with van der Waals surface area (Å²) in [7, 11) is 0. The summed E-state index contributed by atoms with van der Waals surface area (Å²) in [6.07, 6.45) is 0.